The largest absolute Gasteiger partial charge is 0.508 e. The quantitative estimate of drug-likeness (QED) is 0.818. The second kappa shape index (κ2) is 5.83. The van der Waals surface area contributed by atoms with Crippen molar-refractivity contribution in [2.45, 2.75) is 26.8 Å². The first-order valence-corrected chi connectivity index (χ1v) is 7.19. The normalized spacial score (nSPS) is 12.2. The van der Waals surface area contributed by atoms with Crippen molar-refractivity contribution in [1.29, 1.82) is 0 Å². The Kier molecular flexibility index (Phi) is 4.33. The van der Waals surface area contributed by atoms with Gasteiger partial charge in [-0.1, -0.05) is 15.9 Å². The van der Waals surface area contributed by atoms with Gasteiger partial charge in [-0.2, -0.15) is 0 Å². The lowest BCUT2D eigenvalue weighted by atomic mass is 10.1. The van der Waals surface area contributed by atoms with Gasteiger partial charge in [-0.3, -0.25) is 0 Å². The number of benzene rings is 2. The number of anilines is 1. The van der Waals surface area contributed by atoms with E-state index in [1.54, 1.807) is 0 Å². The zero-order chi connectivity index (χ0) is 14.9. The van der Waals surface area contributed by atoms with Crippen molar-refractivity contribution in [3.8, 4) is 5.75 Å². The van der Waals surface area contributed by atoms with Crippen molar-refractivity contribution in [3.63, 3.8) is 0 Å². The van der Waals surface area contributed by atoms with E-state index in [4.69, 9.17) is 0 Å². The minimum absolute atomic E-state index is 0.0944. The Morgan fingerprint density at radius 2 is 1.75 bits per heavy atom. The molecule has 0 aromatic heterocycles. The van der Waals surface area contributed by atoms with Gasteiger partial charge >= 0.3 is 0 Å². The van der Waals surface area contributed by atoms with Gasteiger partial charge in [-0.05, 0) is 62.2 Å². The first-order chi connectivity index (χ1) is 9.38. The number of hydrogen-bond donors (Lipinski definition) is 2. The summed E-state index contributed by atoms with van der Waals surface area (Å²) in [5.41, 5.74) is 3.74. The van der Waals surface area contributed by atoms with E-state index in [0.29, 0.717) is 5.56 Å². The van der Waals surface area contributed by atoms with Gasteiger partial charge in [0.05, 0.1) is 6.04 Å². The SMILES string of the molecule is Cc1cc(NC(C)c2cc(F)ccc2O)cc(C)c1Br. The third-order valence-corrected chi connectivity index (χ3v) is 4.53. The van der Waals surface area contributed by atoms with E-state index in [0.717, 1.165) is 21.3 Å². The molecule has 0 aliphatic heterocycles. The highest BCUT2D eigenvalue weighted by Crippen LogP contribution is 2.30. The minimum atomic E-state index is -0.352. The monoisotopic (exact) mass is 337 g/mol. The minimum Gasteiger partial charge on any atom is -0.508 e. The highest BCUT2D eigenvalue weighted by Gasteiger charge is 2.12. The van der Waals surface area contributed by atoms with Crippen molar-refractivity contribution in [2.24, 2.45) is 0 Å². The highest BCUT2D eigenvalue weighted by atomic mass is 79.9. The molecule has 2 N–H and O–H groups in total. The van der Waals surface area contributed by atoms with E-state index in [9.17, 15) is 9.50 Å². The Hall–Kier alpha value is -1.55. The van der Waals surface area contributed by atoms with Crippen LogP contribution in [0.3, 0.4) is 0 Å². The molecular weight excluding hydrogens is 321 g/mol. The molecule has 0 saturated heterocycles. The Labute approximate surface area is 126 Å². The summed E-state index contributed by atoms with van der Waals surface area (Å²) < 4.78 is 14.4. The van der Waals surface area contributed by atoms with Gasteiger partial charge in [0.15, 0.2) is 0 Å². The van der Waals surface area contributed by atoms with Gasteiger partial charge < -0.3 is 10.4 Å². The standard InChI is InChI=1S/C16H17BrFNO/c1-9-6-13(7-10(2)16(9)17)19-11(3)14-8-12(18)4-5-15(14)20/h4-8,11,19-20H,1-3H3. The van der Waals surface area contributed by atoms with Crippen LogP contribution in [0.25, 0.3) is 0 Å². The van der Waals surface area contributed by atoms with Crippen LogP contribution in [0.1, 0.15) is 29.7 Å². The number of nitrogens with one attached hydrogen (secondary N) is 1. The average molecular weight is 338 g/mol. The third kappa shape index (κ3) is 3.12. The number of aryl methyl sites for hydroxylation is 2. The van der Waals surface area contributed by atoms with Crippen molar-refractivity contribution in [2.75, 3.05) is 5.32 Å². The highest BCUT2D eigenvalue weighted by molar-refractivity contribution is 9.10. The van der Waals surface area contributed by atoms with Crippen LogP contribution < -0.4 is 5.32 Å². The van der Waals surface area contributed by atoms with Gasteiger partial charge in [-0.25, -0.2) is 4.39 Å². The zero-order valence-corrected chi connectivity index (χ0v) is 13.3. The molecule has 2 aromatic carbocycles. The Morgan fingerprint density at radius 3 is 2.35 bits per heavy atom. The van der Waals surface area contributed by atoms with Crippen molar-refractivity contribution < 1.29 is 9.50 Å². The lowest BCUT2D eigenvalue weighted by molar-refractivity contribution is 0.462. The maximum Gasteiger partial charge on any atom is 0.123 e. The van der Waals surface area contributed by atoms with E-state index in [-0.39, 0.29) is 17.6 Å². The molecule has 0 fully saturated rings. The maximum atomic E-state index is 13.3. The van der Waals surface area contributed by atoms with E-state index in [1.807, 2.05) is 32.9 Å². The number of hydrogen-bond acceptors (Lipinski definition) is 2. The van der Waals surface area contributed by atoms with Gasteiger partial charge in [0.2, 0.25) is 0 Å². The third-order valence-electron chi connectivity index (χ3n) is 3.28. The fourth-order valence-electron chi connectivity index (χ4n) is 2.23. The second-order valence-corrected chi connectivity index (χ2v) is 5.79. The number of phenolic OH excluding ortho intramolecular Hbond substituents is 1. The van der Waals surface area contributed by atoms with E-state index in [1.165, 1.54) is 18.2 Å². The van der Waals surface area contributed by atoms with Gasteiger partial charge in [-0.15, -0.1) is 0 Å². The first kappa shape index (κ1) is 14.9. The van der Waals surface area contributed by atoms with Gasteiger partial charge in [0.1, 0.15) is 11.6 Å². The van der Waals surface area contributed by atoms with Gasteiger partial charge in [0.25, 0.3) is 0 Å². The molecule has 2 aromatic rings. The Balaban J connectivity index is 2.27. The summed E-state index contributed by atoms with van der Waals surface area (Å²) in [5.74, 6) is -0.258. The molecule has 106 valence electrons. The number of halogens is 2. The number of phenols is 1. The topological polar surface area (TPSA) is 32.3 Å². The molecule has 1 unspecified atom stereocenters. The Bertz CT molecular complexity index is 619. The molecular formula is C16H17BrFNO. The summed E-state index contributed by atoms with van der Waals surface area (Å²) in [6.45, 7) is 5.93. The van der Waals surface area contributed by atoms with Crippen LogP contribution >= 0.6 is 15.9 Å². The van der Waals surface area contributed by atoms with E-state index >= 15 is 0 Å². The van der Waals surface area contributed by atoms with Crippen LogP contribution in [0, 0.1) is 19.7 Å². The lowest BCUT2D eigenvalue weighted by Crippen LogP contribution is -2.07. The van der Waals surface area contributed by atoms with Crippen LogP contribution in [0.4, 0.5) is 10.1 Å². The van der Waals surface area contributed by atoms with Crippen LogP contribution in [0.15, 0.2) is 34.8 Å². The zero-order valence-electron chi connectivity index (χ0n) is 11.7. The number of rotatable bonds is 3. The summed E-state index contributed by atoms with van der Waals surface area (Å²) in [6, 6.07) is 7.82. The van der Waals surface area contributed by atoms with Gasteiger partial charge in [0, 0.05) is 15.7 Å². The van der Waals surface area contributed by atoms with E-state index in [2.05, 4.69) is 21.2 Å². The predicted octanol–water partition coefficient (Wildman–Crippen LogP) is 5.08. The lowest BCUT2D eigenvalue weighted by Gasteiger charge is -2.18. The molecule has 0 aliphatic rings. The predicted molar refractivity (Wildman–Crippen MR) is 83.7 cm³/mol. The van der Waals surface area contributed by atoms with Crippen LogP contribution in [-0.4, -0.2) is 5.11 Å². The molecule has 0 amide bonds. The van der Waals surface area contributed by atoms with Crippen LogP contribution in [0.2, 0.25) is 0 Å². The first-order valence-electron chi connectivity index (χ1n) is 6.40. The molecule has 2 rings (SSSR count). The summed E-state index contributed by atoms with van der Waals surface area (Å²) in [7, 11) is 0. The number of aromatic hydroxyl groups is 1. The van der Waals surface area contributed by atoms with Crippen LogP contribution in [-0.2, 0) is 0 Å². The molecule has 0 heterocycles. The molecule has 0 spiro atoms. The fourth-order valence-corrected chi connectivity index (χ4v) is 2.46. The molecule has 0 aliphatic carbocycles. The average Bonchev–Trinajstić information content (AvgIpc) is 2.38. The molecule has 0 saturated carbocycles. The van der Waals surface area contributed by atoms with Crippen molar-refractivity contribution in [3.05, 3.63) is 57.3 Å². The smallest absolute Gasteiger partial charge is 0.123 e. The maximum absolute atomic E-state index is 13.3. The summed E-state index contributed by atoms with van der Waals surface area (Å²) in [5, 5.41) is 13.1. The van der Waals surface area contributed by atoms with Crippen molar-refractivity contribution in [1.82, 2.24) is 0 Å². The van der Waals surface area contributed by atoms with Crippen LogP contribution in [0.5, 0.6) is 5.75 Å². The Morgan fingerprint density at radius 1 is 1.15 bits per heavy atom. The molecule has 2 nitrogen and oxygen atoms in total. The molecule has 1 atom stereocenters. The summed E-state index contributed by atoms with van der Waals surface area (Å²) in [4.78, 5) is 0. The van der Waals surface area contributed by atoms with Crippen molar-refractivity contribution >= 4 is 21.6 Å². The molecule has 0 radical (unpaired) electrons. The molecule has 0 bridgehead atoms. The summed E-state index contributed by atoms with van der Waals surface area (Å²) >= 11 is 3.53. The molecule has 20 heavy (non-hydrogen) atoms. The van der Waals surface area contributed by atoms with E-state index < -0.39 is 0 Å². The summed E-state index contributed by atoms with van der Waals surface area (Å²) in [6.07, 6.45) is 0. The fraction of sp³-hybridized carbons (Fsp3) is 0.250. The molecule has 4 heteroatoms. The second-order valence-electron chi connectivity index (χ2n) is 4.99.